The first-order chi connectivity index (χ1) is 12.9. The van der Waals surface area contributed by atoms with Crippen LogP contribution in [0.25, 0.3) is 0 Å². The van der Waals surface area contributed by atoms with Crippen molar-refractivity contribution in [3.63, 3.8) is 0 Å². The van der Waals surface area contributed by atoms with Gasteiger partial charge in [-0.3, -0.25) is 9.89 Å². The van der Waals surface area contributed by atoms with Gasteiger partial charge >= 0.3 is 0 Å². The quantitative estimate of drug-likeness (QED) is 0.815. The van der Waals surface area contributed by atoms with Crippen molar-refractivity contribution in [2.24, 2.45) is 5.92 Å². The molecule has 1 atom stereocenters. The lowest BCUT2D eigenvalue weighted by molar-refractivity contribution is 0.0655. The molecule has 0 aromatic carbocycles. The van der Waals surface area contributed by atoms with E-state index in [1.165, 1.54) is 10.6 Å². The molecule has 0 radical (unpaired) electrons. The second-order valence-electron chi connectivity index (χ2n) is 7.39. The fourth-order valence-electron chi connectivity index (χ4n) is 3.99. The van der Waals surface area contributed by atoms with Crippen LogP contribution in [0.4, 0.5) is 0 Å². The van der Waals surface area contributed by atoms with Crippen LogP contribution in [0.1, 0.15) is 34.6 Å². The Hall–Kier alpha value is -2.20. The molecule has 0 spiro atoms. The van der Waals surface area contributed by atoms with E-state index in [2.05, 4.69) is 19.7 Å². The molecule has 1 saturated heterocycles. The highest BCUT2D eigenvalue weighted by atomic mass is 32.2. The molecule has 2 aliphatic rings. The minimum absolute atomic E-state index is 0.0596. The van der Waals surface area contributed by atoms with Gasteiger partial charge in [-0.1, -0.05) is 0 Å². The fraction of sp³-hybridized carbons (Fsp3) is 0.588. The number of amides is 1. The van der Waals surface area contributed by atoms with Crippen molar-refractivity contribution < 1.29 is 13.2 Å². The first kappa shape index (κ1) is 18.2. The zero-order chi connectivity index (χ0) is 19.0. The summed E-state index contributed by atoms with van der Waals surface area (Å²) >= 11 is 0. The van der Waals surface area contributed by atoms with E-state index >= 15 is 0 Å². The number of sulfonamides is 1. The van der Waals surface area contributed by atoms with Gasteiger partial charge in [0.2, 0.25) is 10.0 Å². The molecule has 27 heavy (non-hydrogen) atoms. The Labute approximate surface area is 158 Å². The van der Waals surface area contributed by atoms with Gasteiger partial charge in [0.25, 0.3) is 5.91 Å². The molecule has 1 fully saturated rings. The summed E-state index contributed by atoms with van der Waals surface area (Å²) in [5.74, 6) is 0.336. The third-order valence-electron chi connectivity index (χ3n) is 5.40. The van der Waals surface area contributed by atoms with Crippen LogP contribution in [0.15, 0.2) is 18.7 Å². The topological polar surface area (TPSA) is 104 Å². The van der Waals surface area contributed by atoms with Crippen molar-refractivity contribution in [2.75, 3.05) is 25.9 Å². The number of carbonyl (C=O) groups is 1. The Morgan fingerprint density at radius 1 is 1.37 bits per heavy atom. The Morgan fingerprint density at radius 2 is 2.22 bits per heavy atom. The van der Waals surface area contributed by atoms with Gasteiger partial charge in [-0.2, -0.15) is 9.40 Å². The Bertz CT molecular complexity index is 921. The van der Waals surface area contributed by atoms with Crippen LogP contribution < -0.4 is 0 Å². The lowest BCUT2D eigenvalue weighted by atomic mass is 9.97. The highest BCUT2D eigenvalue weighted by molar-refractivity contribution is 7.88. The lowest BCUT2D eigenvalue weighted by Crippen LogP contribution is -2.42. The largest absolute Gasteiger partial charge is 0.337 e. The third-order valence-corrected chi connectivity index (χ3v) is 6.65. The molecule has 2 aromatic heterocycles. The van der Waals surface area contributed by atoms with Crippen molar-refractivity contribution in [3.05, 3.63) is 35.7 Å². The number of fused-ring (bicyclic) bond motifs is 1. The summed E-state index contributed by atoms with van der Waals surface area (Å²) in [5, 5.41) is 7.12. The zero-order valence-electron chi connectivity index (χ0n) is 15.3. The molecule has 4 rings (SSSR count). The smallest absolute Gasteiger partial charge is 0.274 e. The van der Waals surface area contributed by atoms with Crippen molar-refractivity contribution in [2.45, 2.75) is 32.4 Å². The van der Waals surface area contributed by atoms with Crippen LogP contribution in [0.5, 0.6) is 0 Å². The highest BCUT2D eigenvalue weighted by Gasteiger charge is 2.32. The van der Waals surface area contributed by atoms with Crippen LogP contribution in [0.3, 0.4) is 0 Å². The van der Waals surface area contributed by atoms with E-state index in [-0.39, 0.29) is 12.5 Å². The van der Waals surface area contributed by atoms with E-state index in [1.54, 1.807) is 12.5 Å². The Morgan fingerprint density at radius 3 is 2.96 bits per heavy atom. The van der Waals surface area contributed by atoms with Crippen molar-refractivity contribution >= 4 is 15.9 Å². The summed E-state index contributed by atoms with van der Waals surface area (Å²) in [5.41, 5.74) is 2.03. The van der Waals surface area contributed by atoms with Gasteiger partial charge < -0.3 is 9.47 Å². The number of aromatic amines is 1. The van der Waals surface area contributed by atoms with Crippen molar-refractivity contribution in [1.82, 2.24) is 29.0 Å². The lowest BCUT2D eigenvalue weighted by Gasteiger charge is -2.33. The monoisotopic (exact) mass is 392 g/mol. The number of hydrogen-bond acceptors (Lipinski definition) is 5. The molecule has 4 heterocycles. The SMILES string of the molecule is CS(=O)(=O)N1CCc2c(C(=O)N3CCCC(Cn4ccnc4)C3)n[nH]c2C1. The summed E-state index contributed by atoms with van der Waals surface area (Å²) in [6.45, 7) is 2.92. The average Bonchev–Trinajstić information content (AvgIpc) is 3.29. The summed E-state index contributed by atoms with van der Waals surface area (Å²) in [6.07, 6.45) is 9.28. The first-order valence-electron chi connectivity index (χ1n) is 9.18. The molecule has 146 valence electrons. The van der Waals surface area contributed by atoms with E-state index in [4.69, 9.17) is 0 Å². The van der Waals surface area contributed by atoms with Crippen molar-refractivity contribution in [3.8, 4) is 0 Å². The number of rotatable bonds is 4. The molecule has 2 aromatic rings. The summed E-state index contributed by atoms with van der Waals surface area (Å²) in [6, 6.07) is 0. The minimum atomic E-state index is -3.25. The predicted molar refractivity (Wildman–Crippen MR) is 98.4 cm³/mol. The number of piperidine rings is 1. The number of H-pyrrole nitrogens is 1. The molecule has 0 bridgehead atoms. The van der Waals surface area contributed by atoms with Crippen molar-refractivity contribution in [1.29, 1.82) is 0 Å². The first-order valence-corrected chi connectivity index (χ1v) is 11.0. The normalized spacial score (nSPS) is 21.2. The van der Waals surface area contributed by atoms with E-state index in [0.717, 1.165) is 37.2 Å². The number of imidazole rings is 1. The van der Waals surface area contributed by atoms with Gasteiger partial charge in [-0.25, -0.2) is 13.4 Å². The van der Waals surface area contributed by atoms with Crippen LogP contribution in [-0.4, -0.2) is 69.2 Å². The summed E-state index contributed by atoms with van der Waals surface area (Å²) in [7, 11) is -3.25. The summed E-state index contributed by atoms with van der Waals surface area (Å²) < 4.78 is 27.0. The number of carbonyl (C=O) groups excluding carboxylic acids is 1. The molecular weight excluding hydrogens is 368 g/mol. The van der Waals surface area contributed by atoms with Gasteiger partial charge in [-0.05, 0) is 25.2 Å². The van der Waals surface area contributed by atoms with Crippen LogP contribution >= 0.6 is 0 Å². The zero-order valence-corrected chi connectivity index (χ0v) is 16.2. The maximum absolute atomic E-state index is 13.1. The predicted octanol–water partition coefficient (Wildman–Crippen LogP) is 0.476. The van der Waals surface area contributed by atoms with E-state index in [1.807, 2.05) is 11.1 Å². The Kier molecular flexibility index (Phi) is 4.77. The van der Waals surface area contributed by atoms with Gasteiger partial charge in [0.05, 0.1) is 24.8 Å². The fourth-order valence-corrected chi connectivity index (χ4v) is 4.78. The summed E-state index contributed by atoms with van der Waals surface area (Å²) in [4.78, 5) is 19.0. The molecule has 0 saturated carbocycles. The van der Waals surface area contributed by atoms with E-state index in [9.17, 15) is 13.2 Å². The average molecular weight is 392 g/mol. The van der Waals surface area contributed by atoms with Gasteiger partial charge in [0.15, 0.2) is 5.69 Å². The maximum atomic E-state index is 13.1. The number of nitrogens with one attached hydrogen (secondary N) is 1. The third kappa shape index (κ3) is 3.77. The van der Waals surface area contributed by atoms with Crippen LogP contribution in [-0.2, 0) is 29.5 Å². The van der Waals surface area contributed by atoms with Crippen LogP contribution in [0, 0.1) is 5.92 Å². The minimum Gasteiger partial charge on any atom is -0.337 e. The molecule has 2 aliphatic heterocycles. The van der Waals surface area contributed by atoms with Gasteiger partial charge in [0, 0.05) is 44.1 Å². The van der Waals surface area contributed by atoms with Crippen LogP contribution in [0.2, 0.25) is 0 Å². The number of hydrogen-bond donors (Lipinski definition) is 1. The molecule has 1 N–H and O–H groups in total. The second-order valence-corrected chi connectivity index (χ2v) is 9.38. The molecule has 0 aliphatic carbocycles. The number of likely N-dealkylation sites (tertiary alicyclic amines) is 1. The molecule has 1 unspecified atom stereocenters. The number of nitrogens with zero attached hydrogens (tertiary/aromatic N) is 5. The molecule has 1 amide bonds. The molecule has 9 nitrogen and oxygen atoms in total. The number of aromatic nitrogens is 4. The van der Waals surface area contributed by atoms with E-state index in [0.29, 0.717) is 31.1 Å². The van der Waals surface area contributed by atoms with E-state index < -0.39 is 10.0 Å². The maximum Gasteiger partial charge on any atom is 0.274 e. The molecular formula is C17H24N6O3S. The molecule has 10 heteroatoms. The van der Waals surface area contributed by atoms with Gasteiger partial charge in [0.1, 0.15) is 0 Å². The highest BCUT2D eigenvalue weighted by Crippen LogP contribution is 2.25. The standard InChI is InChI=1S/C17H24N6O3S/c1-27(25,26)23-7-4-14-15(11-23)19-20-16(14)17(24)22-6-2-3-13(10-22)9-21-8-5-18-12-21/h5,8,12-13H,2-4,6-7,9-11H2,1H3,(H,19,20). The van der Waals surface area contributed by atoms with Gasteiger partial charge in [-0.15, -0.1) is 0 Å². The second kappa shape index (κ2) is 7.08. The Balaban J connectivity index is 1.46.